The van der Waals surface area contributed by atoms with Crippen LogP contribution >= 0.6 is 11.3 Å². The van der Waals surface area contributed by atoms with Crippen LogP contribution in [0.5, 0.6) is 0 Å². The van der Waals surface area contributed by atoms with Gasteiger partial charge in [-0.25, -0.2) is 10.2 Å². The Kier molecular flexibility index (Phi) is 3.25. The molecule has 1 aromatic heterocycles. The van der Waals surface area contributed by atoms with Crippen molar-refractivity contribution in [1.82, 2.24) is 10.7 Å². The number of thiophene rings is 1. The van der Waals surface area contributed by atoms with E-state index in [4.69, 9.17) is 0 Å². The van der Waals surface area contributed by atoms with Gasteiger partial charge in [0.1, 0.15) is 0 Å². The Morgan fingerprint density at radius 2 is 1.90 bits per heavy atom. The Balaban J connectivity index is 1.36. The summed E-state index contributed by atoms with van der Waals surface area (Å²) >= 11 is 1.61. The average molecular weight is 303 g/mol. The van der Waals surface area contributed by atoms with Crippen LogP contribution in [0.4, 0.5) is 4.79 Å². The quantitative estimate of drug-likeness (QED) is 0.653. The number of urea groups is 1. The van der Waals surface area contributed by atoms with Crippen molar-refractivity contribution in [3.05, 3.63) is 22.4 Å². The summed E-state index contributed by atoms with van der Waals surface area (Å²) in [5, 5.41) is 9.28. The topological polar surface area (TPSA) is 53.5 Å². The van der Waals surface area contributed by atoms with Crippen LogP contribution in [0.25, 0.3) is 0 Å². The number of amides is 2. The van der Waals surface area contributed by atoms with Crippen LogP contribution in [0.15, 0.2) is 22.6 Å². The summed E-state index contributed by atoms with van der Waals surface area (Å²) < 4.78 is 0. The fourth-order valence-electron chi connectivity index (χ4n) is 5.05. The molecule has 4 saturated carbocycles. The first kappa shape index (κ1) is 13.3. The molecule has 0 saturated heterocycles. The summed E-state index contributed by atoms with van der Waals surface area (Å²) in [5.74, 6) is 2.52. The molecular weight excluding hydrogens is 282 g/mol. The first-order valence-corrected chi connectivity index (χ1v) is 8.73. The fraction of sp³-hybridized carbons (Fsp3) is 0.625. The molecule has 4 bridgehead atoms. The normalized spacial score (nSPS) is 37.0. The Morgan fingerprint density at radius 1 is 1.24 bits per heavy atom. The molecular formula is C16H21N3OS. The Labute approximate surface area is 129 Å². The summed E-state index contributed by atoms with van der Waals surface area (Å²) in [7, 11) is 0. The molecule has 4 aliphatic carbocycles. The molecule has 0 radical (unpaired) electrons. The molecule has 0 spiro atoms. The van der Waals surface area contributed by atoms with Gasteiger partial charge in [0, 0.05) is 10.4 Å². The molecule has 2 N–H and O–H groups in total. The lowest BCUT2D eigenvalue weighted by atomic mass is 9.53. The Morgan fingerprint density at radius 3 is 2.48 bits per heavy atom. The molecule has 0 unspecified atom stereocenters. The number of nitrogens with zero attached hydrogens (tertiary/aromatic N) is 1. The predicted octanol–water partition coefficient (Wildman–Crippen LogP) is 3.35. The fourth-order valence-corrected chi connectivity index (χ4v) is 5.64. The highest BCUT2D eigenvalue weighted by atomic mass is 32.1. The summed E-state index contributed by atoms with van der Waals surface area (Å²) in [6.07, 6.45) is 9.37. The Hall–Kier alpha value is -1.36. The van der Waals surface area contributed by atoms with E-state index in [1.165, 1.54) is 38.5 Å². The van der Waals surface area contributed by atoms with Crippen LogP contribution in [0, 0.1) is 17.8 Å². The Bertz CT molecular complexity index is 517. The zero-order valence-corrected chi connectivity index (χ0v) is 12.9. The average Bonchev–Trinajstić information content (AvgIpc) is 2.89. The molecule has 21 heavy (non-hydrogen) atoms. The van der Waals surface area contributed by atoms with Gasteiger partial charge in [-0.3, -0.25) is 0 Å². The number of carbonyl (C=O) groups excluding carboxylic acids is 1. The highest BCUT2D eigenvalue weighted by Gasteiger charge is 2.51. The molecule has 1 aromatic rings. The molecule has 1 heterocycles. The van der Waals surface area contributed by atoms with Crippen LogP contribution in [-0.4, -0.2) is 17.8 Å². The van der Waals surface area contributed by atoms with Gasteiger partial charge < -0.3 is 5.32 Å². The van der Waals surface area contributed by atoms with Crippen molar-refractivity contribution in [2.24, 2.45) is 22.9 Å². The van der Waals surface area contributed by atoms with Crippen molar-refractivity contribution < 1.29 is 4.79 Å². The zero-order chi connectivity index (χ0) is 14.3. The minimum atomic E-state index is -0.148. The van der Waals surface area contributed by atoms with E-state index in [1.54, 1.807) is 17.6 Å². The van der Waals surface area contributed by atoms with E-state index in [2.05, 4.69) is 15.8 Å². The first-order valence-electron chi connectivity index (χ1n) is 7.85. The largest absolute Gasteiger partial charge is 0.335 e. The number of hydrogen-bond donors (Lipinski definition) is 2. The second-order valence-electron chi connectivity index (χ2n) is 7.04. The standard InChI is InChI=1S/C16H21N3OS/c20-15(19-17-10-14-2-1-3-21-14)18-16-7-11-4-12(8-16)6-13(5-11)9-16/h1-3,10-13H,4-9H2,(H2,18,19,20)/b17-10+. The zero-order valence-electron chi connectivity index (χ0n) is 12.0. The van der Waals surface area contributed by atoms with Crippen LogP contribution in [0.3, 0.4) is 0 Å². The van der Waals surface area contributed by atoms with Gasteiger partial charge in [0.2, 0.25) is 0 Å². The number of hydrogen-bond acceptors (Lipinski definition) is 3. The van der Waals surface area contributed by atoms with Crippen LogP contribution in [-0.2, 0) is 0 Å². The van der Waals surface area contributed by atoms with Gasteiger partial charge in [-0.2, -0.15) is 5.10 Å². The highest BCUT2D eigenvalue weighted by molar-refractivity contribution is 7.11. The summed E-state index contributed by atoms with van der Waals surface area (Å²) in [4.78, 5) is 13.2. The summed E-state index contributed by atoms with van der Waals surface area (Å²) in [6, 6.07) is 3.80. The van der Waals surface area contributed by atoms with Crippen molar-refractivity contribution in [3.63, 3.8) is 0 Å². The van der Waals surface area contributed by atoms with Crippen molar-refractivity contribution in [3.8, 4) is 0 Å². The van der Waals surface area contributed by atoms with Gasteiger partial charge in [-0.1, -0.05) is 6.07 Å². The van der Waals surface area contributed by atoms with Gasteiger partial charge in [0.25, 0.3) is 0 Å². The lowest BCUT2D eigenvalue weighted by Gasteiger charge is -2.56. The molecule has 0 aromatic carbocycles. The SMILES string of the molecule is O=C(N/N=C/c1cccs1)NC12CC3CC(CC(C3)C1)C2. The first-order chi connectivity index (χ1) is 10.2. The second kappa shape index (κ2) is 5.13. The van der Waals surface area contributed by atoms with E-state index in [9.17, 15) is 4.79 Å². The third kappa shape index (κ3) is 2.71. The van der Waals surface area contributed by atoms with Gasteiger partial charge in [-0.05, 0) is 67.7 Å². The van der Waals surface area contributed by atoms with Crippen molar-refractivity contribution >= 4 is 23.6 Å². The number of nitrogens with one attached hydrogen (secondary N) is 2. The third-order valence-corrected chi connectivity index (χ3v) is 6.12. The van der Waals surface area contributed by atoms with Crippen LogP contribution in [0.1, 0.15) is 43.4 Å². The number of carbonyl (C=O) groups is 1. The predicted molar refractivity (Wildman–Crippen MR) is 84.5 cm³/mol. The van der Waals surface area contributed by atoms with E-state index in [0.717, 1.165) is 22.6 Å². The third-order valence-electron chi connectivity index (χ3n) is 5.32. The lowest BCUT2D eigenvalue weighted by Crippen LogP contribution is -2.61. The molecule has 4 aliphatic rings. The maximum atomic E-state index is 12.1. The molecule has 2 amide bonds. The smallest absolute Gasteiger partial charge is 0.331 e. The number of rotatable bonds is 3. The molecule has 5 heteroatoms. The maximum absolute atomic E-state index is 12.1. The minimum Gasteiger partial charge on any atom is -0.331 e. The van der Waals surface area contributed by atoms with E-state index in [1.807, 2.05) is 17.5 Å². The van der Waals surface area contributed by atoms with Gasteiger partial charge >= 0.3 is 6.03 Å². The van der Waals surface area contributed by atoms with E-state index in [0.29, 0.717) is 0 Å². The van der Waals surface area contributed by atoms with Crippen LogP contribution < -0.4 is 10.7 Å². The van der Waals surface area contributed by atoms with Crippen molar-refractivity contribution in [1.29, 1.82) is 0 Å². The van der Waals surface area contributed by atoms with Crippen molar-refractivity contribution in [2.45, 2.75) is 44.1 Å². The van der Waals surface area contributed by atoms with Gasteiger partial charge in [0.15, 0.2) is 0 Å². The molecule has 5 rings (SSSR count). The van der Waals surface area contributed by atoms with Gasteiger partial charge in [-0.15, -0.1) is 11.3 Å². The molecule has 4 nitrogen and oxygen atoms in total. The molecule has 112 valence electrons. The van der Waals surface area contributed by atoms with E-state index >= 15 is 0 Å². The monoisotopic (exact) mass is 303 g/mol. The maximum Gasteiger partial charge on any atom is 0.335 e. The number of hydrazone groups is 1. The second-order valence-corrected chi connectivity index (χ2v) is 8.02. The highest BCUT2D eigenvalue weighted by Crippen LogP contribution is 2.55. The molecule has 0 aliphatic heterocycles. The summed E-state index contributed by atoms with van der Waals surface area (Å²) in [5.41, 5.74) is 2.67. The van der Waals surface area contributed by atoms with E-state index < -0.39 is 0 Å². The molecule has 4 fully saturated rings. The van der Waals surface area contributed by atoms with Gasteiger partial charge in [0.05, 0.1) is 6.21 Å². The molecule has 0 atom stereocenters. The van der Waals surface area contributed by atoms with Crippen molar-refractivity contribution in [2.75, 3.05) is 0 Å². The lowest BCUT2D eigenvalue weighted by molar-refractivity contribution is -0.0135. The minimum absolute atomic E-state index is 0.0529. The van der Waals surface area contributed by atoms with Crippen LogP contribution in [0.2, 0.25) is 0 Å². The van der Waals surface area contributed by atoms with E-state index in [-0.39, 0.29) is 11.6 Å². The summed E-state index contributed by atoms with van der Waals surface area (Å²) in [6.45, 7) is 0.